The molecule has 0 bridgehead atoms. The van der Waals surface area contributed by atoms with Crippen molar-refractivity contribution in [3.05, 3.63) is 89.5 Å². The topological polar surface area (TPSA) is 39.9 Å². The van der Waals surface area contributed by atoms with Gasteiger partial charge in [0, 0.05) is 11.4 Å². The third-order valence-electron chi connectivity index (χ3n) is 4.89. The number of thioether (sulfide) groups is 1. The number of hydrogen-bond acceptors (Lipinski definition) is 4. The fraction of sp³-hybridized carbons (Fsp3) is 0.167. The lowest BCUT2D eigenvalue weighted by Crippen LogP contribution is -2.01. The Kier molecular flexibility index (Phi) is 5.67. The van der Waals surface area contributed by atoms with Crippen LogP contribution < -0.4 is 4.74 Å². The van der Waals surface area contributed by atoms with Crippen LogP contribution in [0.2, 0.25) is 0 Å². The van der Waals surface area contributed by atoms with Crippen LogP contribution in [0.15, 0.2) is 78.0 Å². The Balaban J connectivity index is 1.78. The molecular formula is C24H23N3OS. The minimum absolute atomic E-state index is 0.776. The first-order valence-corrected chi connectivity index (χ1v) is 10.5. The van der Waals surface area contributed by atoms with E-state index in [9.17, 15) is 0 Å². The molecule has 4 aromatic rings. The molecule has 0 aliphatic rings. The van der Waals surface area contributed by atoms with E-state index in [1.165, 1.54) is 16.7 Å². The lowest BCUT2D eigenvalue weighted by molar-refractivity contribution is 0.416. The molecule has 0 aliphatic heterocycles. The van der Waals surface area contributed by atoms with Gasteiger partial charge in [0.15, 0.2) is 11.0 Å². The van der Waals surface area contributed by atoms with Crippen molar-refractivity contribution in [2.24, 2.45) is 0 Å². The van der Waals surface area contributed by atoms with Gasteiger partial charge in [-0.25, -0.2) is 0 Å². The van der Waals surface area contributed by atoms with E-state index in [1.54, 1.807) is 18.9 Å². The van der Waals surface area contributed by atoms with Crippen LogP contribution in [0.25, 0.3) is 17.1 Å². The second kappa shape index (κ2) is 8.53. The summed E-state index contributed by atoms with van der Waals surface area (Å²) in [5.74, 6) is 2.39. The normalized spacial score (nSPS) is 10.9. The van der Waals surface area contributed by atoms with Crippen molar-refractivity contribution in [2.75, 3.05) is 7.11 Å². The maximum Gasteiger partial charge on any atom is 0.196 e. The molecule has 29 heavy (non-hydrogen) atoms. The number of aromatic nitrogens is 3. The molecule has 4 rings (SSSR count). The summed E-state index contributed by atoms with van der Waals surface area (Å²) in [6.45, 7) is 4.23. The SMILES string of the molecule is COc1ccccc1-c1nnc(SCc2ccccc2C)n1-c1ccc(C)cc1. The molecule has 0 saturated carbocycles. The standard InChI is InChI=1S/C24H23N3OS/c1-17-12-14-20(15-13-17)27-23(21-10-6-7-11-22(21)28-3)25-26-24(27)29-16-19-9-5-4-8-18(19)2/h4-15H,16H2,1-3H3. The Bertz CT molecular complexity index is 1120. The van der Waals surface area contributed by atoms with Gasteiger partial charge in [-0.05, 0) is 49.2 Å². The Morgan fingerprint density at radius 3 is 2.34 bits per heavy atom. The van der Waals surface area contributed by atoms with E-state index in [0.717, 1.165) is 33.7 Å². The Morgan fingerprint density at radius 1 is 0.862 bits per heavy atom. The summed E-state index contributed by atoms with van der Waals surface area (Å²) in [7, 11) is 1.68. The summed E-state index contributed by atoms with van der Waals surface area (Å²) >= 11 is 1.69. The molecule has 0 amide bonds. The maximum atomic E-state index is 5.58. The molecule has 1 heterocycles. The van der Waals surface area contributed by atoms with Crippen LogP contribution >= 0.6 is 11.8 Å². The lowest BCUT2D eigenvalue weighted by atomic mass is 10.1. The van der Waals surface area contributed by atoms with Crippen LogP contribution in [-0.2, 0) is 5.75 Å². The zero-order valence-corrected chi connectivity index (χ0v) is 17.6. The summed E-state index contributed by atoms with van der Waals surface area (Å²) in [6.07, 6.45) is 0. The first kappa shape index (κ1) is 19.3. The second-order valence-electron chi connectivity index (χ2n) is 6.89. The van der Waals surface area contributed by atoms with Crippen molar-refractivity contribution in [2.45, 2.75) is 24.8 Å². The van der Waals surface area contributed by atoms with Gasteiger partial charge in [-0.3, -0.25) is 4.57 Å². The van der Waals surface area contributed by atoms with E-state index in [-0.39, 0.29) is 0 Å². The number of nitrogens with zero attached hydrogens (tertiary/aromatic N) is 3. The van der Waals surface area contributed by atoms with Gasteiger partial charge in [0.2, 0.25) is 0 Å². The predicted octanol–water partition coefficient (Wildman–Crippen LogP) is 5.85. The average Bonchev–Trinajstić information content (AvgIpc) is 3.17. The van der Waals surface area contributed by atoms with Crippen molar-refractivity contribution >= 4 is 11.8 Å². The average molecular weight is 402 g/mol. The summed E-state index contributed by atoms with van der Waals surface area (Å²) in [5.41, 5.74) is 5.76. The zero-order chi connectivity index (χ0) is 20.2. The smallest absolute Gasteiger partial charge is 0.196 e. The van der Waals surface area contributed by atoms with Gasteiger partial charge in [0.25, 0.3) is 0 Å². The van der Waals surface area contributed by atoms with E-state index in [0.29, 0.717) is 0 Å². The molecule has 0 N–H and O–H groups in total. The molecule has 5 heteroatoms. The molecule has 0 fully saturated rings. The quantitative estimate of drug-likeness (QED) is 0.380. The van der Waals surface area contributed by atoms with Crippen LogP contribution in [0.3, 0.4) is 0 Å². The minimum Gasteiger partial charge on any atom is -0.496 e. The molecule has 0 radical (unpaired) electrons. The highest BCUT2D eigenvalue weighted by molar-refractivity contribution is 7.98. The fourth-order valence-electron chi connectivity index (χ4n) is 3.21. The Morgan fingerprint density at radius 2 is 1.59 bits per heavy atom. The van der Waals surface area contributed by atoms with E-state index in [4.69, 9.17) is 4.74 Å². The van der Waals surface area contributed by atoms with Crippen molar-refractivity contribution in [1.29, 1.82) is 0 Å². The number of methoxy groups -OCH3 is 1. The molecule has 146 valence electrons. The molecule has 0 atom stereocenters. The zero-order valence-electron chi connectivity index (χ0n) is 16.8. The molecule has 1 aromatic heterocycles. The largest absolute Gasteiger partial charge is 0.496 e. The molecule has 0 unspecified atom stereocenters. The van der Waals surface area contributed by atoms with Gasteiger partial charge < -0.3 is 4.74 Å². The van der Waals surface area contributed by atoms with Crippen molar-refractivity contribution in [3.8, 4) is 22.8 Å². The summed E-state index contributed by atoms with van der Waals surface area (Å²) < 4.78 is 7.69. The third-order valence-corrected chi connectivity index (χ3v) is 5.87. The van der Waals surface area contributed by atoms with Gasteiger partial charge in [0.05, 0.1) is 12.7 Å². The van der Waals surface area contributed by atoms with Gasteiger partial charge in [-0.2, -0.15) is 0 Å². The summed E-state index contributed by atoms with van der Waals surface area (Å²) in [4.78, 5) is 0. The van der Waals surface area contributed by atoms with E-state index < -0.39 is 0 Å². The molecule has 0 saturated heterocycles. The first-order valence-electron chi connectivity index (χ1n) is 9.50. The Hall–Kier alpha value is -3.05. The molecular weight excluding hydrogens is 378 g/mol. The van der Waals surface area contributed by atoms with Crippen LogP contribution in [0.5, 0.6) is 5.75 Å². The number of hydrogen-bond donors (Lipinski definition) is 0. The van der Waals surface area contributed by atoms with Gasteiger partial charge >= 0.3 is 0 Å². The van der Waals surface area contributed by atoms with Crippen molar-refractivity contribution < 1.29 is 4.74 Å². The van der Waals surface area contributed by atoms with E-state index in [1.807, 2.05) is 24.3 Å². The predicted molar refractivity (Wildman–Crippen MR) is 119 cm³/mol. The highest BCUT2D eigenvalue weighted by Crippen LogP contribution is 2.34. The Labute approximate surface area is 175 Å². The van der Waals surface area contributed by atoms with Crippen molar-refractivity contribution in [3.63, 3.8) is 0 Å². The van der Waals surface area contributed by atoms with Crippen LogP contribution in [-0.4, -0.2) is 21.9 Å². The first-order chi connectivity index (χ1) is 14.2. The fourth-order valence-corrected chi connectivity index (χ4v) is 4.24. The van der Waals surface area contributed by atoms with Gasteiger partial charge in [-0.15, -0.1) is 10.2 Å². The number of aryl methyl sites for hydroxylation is 2. The number of ether oxygens (including phenoxy) is 1. The van der Waals surface area contributed by atoms with Crippen LogP contribution in [0, 0.1) is 13.8 Å². The number of benzene rings is 3. The van der Waals surface area contributed by atoms with E-state index in [2.05, 4.69) is 77.1 Å². The summed E-state index contributed by atoms with van der Waals surface area (Å²) in [5, 5.41) is 9.93. The third kappa shape index (κ3) is 4.05. The number of para-hydroxylation sites is 1. The van der Waals surface area contributed by atoms with Crippen LogP contribution in [0.1, 0.15) is 16.7 Å². The second-order valence-corrected chi connectivity index (χ2v) is 7.84. The van der Waals surface area contributed by atoms with Crippen LogP contribution in [0.4, 0.5) is 0 Å². The van der Waals surface area contributed by atoms with Gasteiger partial charge in [-0.1, -0.05) is 65.9 Å². The number of rotatable bonds is 6. The minimum atomic E-state index is 0.776. The molecule has 4 nitrogen and oxygen atoms in total. The van der Waals surface area contributed by atoms with Crippen molar-refractivity contribution in [1.82, 2.24) is 14.8 Å². The summed E-state index contributed by atoms with van der Waals surface area (Å²) in [6, 6.07) is 24.8. The molecule has 3 aromatic carbocycles. The lowest BCUT2D eigenvalue weighted by Gasteiger charge is -2.13. The van der Waals surface area contributed by atoms with Gasteiger partial charge in [0.1, 0.15) is 5.75 Å². The highest BCUT2D eigenvalue weighted by atomic mass is 32.2. The maximum absolute atomic E-state index is 5.58. The highest BCUT2D eigenvalue weighted by Gasteiger charge is 2.19. The van der Waals surface area contributed by atoms with E-state index >= 15 is 0 Å². The molecule has 0 aliphatic carbocycles. The molecule has 0 spiro atoms. The monoisotopic (exact) mass is 401 g/mol.